The molecule has 3 heteroatoms. The van der Waals surface area contributed by atoms with Crippen molar-refractivity contribution in [3.05, 3.63) is 35.4 Å². The molecule has 1 fully saturated rings. The molecule has 1 N–H and O–H groups in total. The van der Waals surface area contributed by atoms with Gasteiger partial charge in [-0.3, -0.25) is 10.1 Å². The summed E-state index contributed by atoms with van der Waals surface area (Å²) in [6.07, 6.45) is 2.40. The highest BCUT2D eigenvalue weighted by Crippen LogP contribution is 2.27. The number of carbonyl (C=O) groups is 1. The Morgan fingerprint density at radius 3 is 2.35 bits per heavy atom. The van der Waals surface area contributed by atoms with Crippen LogP contribution in [0.1, 0.15) is 45.2 Å². The summed E-state index contributed by atoms with van der Waals surface area (Å²) < 4.78 is 0. The first-order valence-electron chi connectivity index (χ1n) is 7.52. The van der Waals surface area contributed by atoms with Gasteiger partial charge in [0, 0.05) is 6.54 Å². The van der Waals surface area contributed by atoms with Gasteiger partial charge in [-0.25, -0.2) is 0 Å². The van der Waals surface area contributed by atoms with E-state index in [4.69, 9.17) is 0 Å². The van der Waals surface area contributed by atoms with Crippen LogP contribution < -0.4 is 5.32 Å². The number of nitrogens with zero attached hydrogens (tertiary/aromatic N) is 1. The Bertz CT molecular complexity index is 459. The average molecular weight is 274 g/mol. The first kappa shape index (κ1) is 15.0. The number of benzene rings is 1. The zero-order valence-electron chi connectivity index (χ0n) is 13.1. The van der Waals surface area contributed by atoms with Gasteiger partial charge in [-0.05, 0) is 23.0 Å². The van der Waals surface area contributed by atoms with Crippen LogP contribution >= 0.6 is 0 Å². The first-order chi connectivity index (χ1) is 9.41. The molecule has 1 aromatic carbocycles. The zero-order valence-corrected chi connectivity index (χ0v) is 13.1. The van der Waals surface area contributed by atoms with Crippen molar-refractivity contribution >= 4 is 5.91 Å². The minimum atomic E-state index is 0.0499. The maximum absolute atomic E-state index is 12.1. The first-order valence-corrected chi connectivity index (χ1v) is 7.52. The van der Waals surface area contributed by atoms with Crippen LogP contribution in [0.15, 0.2) is 24.3 Å². The highest BCUT2D eigenvalue weighted by molar-refractivity contribution is 5.80. The van der Waals surface area contributed by atoms with Crippen LogP contribution in [0.2, 0.25) is 0 Å². The maximum Gasteiger partial charge on any atom is 0.238 e. The van der Waals surface area contributed by atoms with Crippen molar-refractivity contribution in [2.24, 2.45) is 5.41 Å². The van der Waals surface area contributed by atoms with Crippen LogP contribution in [0.4, 0.5) is 0 Å². The van der Waals surface area contributed by atoms with Gasteiger partial charge < -0.3 is 4.90 Å². The molecule has 0 aromatic heterocycles. The molecule has 2 rings (SSSR count). The molecule has 0 spiro atoms. The Morgan fingerprint density at radius 1 is 1.20 bits per heavy atom. The van der Waals surface area contributed by atoms with Crippen LogP contribution in [-0.2, 0) is 17.8 Å². The van der Waals surface area contributed by atoms with Crippen molar-refractivity contribution < 1.29 is 4.79 Å². The second-order valence-corrected chi connectivity index (χ2v) is 6.74. The third-order valence-corrected chi connectivity index (χ3v) is 3.81. The fourth-order valence-corrected chi connectivity index (χ4v) is 2.79. The molecule has 0 bridgehead atoms. The van der Waals surface area contributed by atoms with Gasteiger partial charge >= 0.3 is 0 Å². The average Bonchev–Trinajstić information content (AvgIpc) is 2.74. The summed E-state index contributed by atoms with van der Waals surface area (Å²) in [4.78, 5) is 14.0. The van der Waals surface area contributed by atoms with Crippen molar-refractivity contribution in [2.75, 3.05) is 6.54 Å². The maximum atomic E-state index is 12.1. The van der Waals surface area contributed by atoms with Crippen molar-refractivity contribution in [3.63, 3.8) is 0 Å². The van der Waals surface area contributed by atoms with E-state index in [1.165, 1.54) is 17.5 Å². The van der Waals surface area contributed by atoms with Gasteiger partial charge in [-0.2, -0.15) is 0 Å². The van der Waals surface area contributed by atoms with E-state index in [2.05, 4.69) is 57.3 Å². The normalized spacial score (nSPS) is 19.7. The van der Waals surface area contributed by atoms with E-state index in [0.717, 1.165) is 6.42 Å². The molecule has 1 aliphatic heterocycles. The third-order valence-electron chi connectivity index (χ3n) is 3.81. The van der Waals surface area contributed by atoms with E-state index in [0.29, 0.717) is 13.1 Å². The summed E-state index contributed by atoms with van der Waals surface area (Å²) in [7, 11) is 0. The predicted molar refractivity (Wildman–Crippen MR) is 82.2 cm³/mol. The SMILES string of the molecule is CCCc1ccc(CN2C(=O)CNC2C(C)(C)C)cc1. The molecule has 1 atom stereocenters. The molecular weight excluding hydrogens is 248 g/mol. The molecule has 3 nitrogen and oxygen atoms in total. The molecule has 20 heavy (non-hydrogen) atoms. The summed E-state index contributed by atoms with van der Waals surface area (Å²) in [6.45, 7) is 9.84. The van der Waals surface area contributed by atoms with Gasteiger partial charge in [0.2, 0.25) is 5.91 Å². The lowest BCUT2D eigenvalue weighted by Gasteiger charge is -2.34. The van der Waals surface area contributed by atoms with Gasteiger partial charge in [0.15, 0.2) is 0 Å². The smallest absolute Gasteiger partial charge is 0.238 e. The summed E-state index contributed by atoms with van der Waals surface area (Å²) in [5, 5.41) is 3.32. The Labute approximate surface area is 122 Å². The lowest BCUT2D eigenvalue weighted by atomic mass is 9.91. The van der Waals surface area contributed by atoms with E-state index in [1.807, 2.05) is 4.90 Å². The molecule has 0 radical (unpaired) electrons. The molecule has 1 amide bonds. The van der Waals surface area contributed by atoms with Crippen molar-refractivity contribution in [1.29, 1.82) is 0 Å². The molecule has 1 unspecified atom stereocenters. The number of amides is 1. The van der Waals surface area contributed by atoms with Crippen LogP contribution in [-0.4, -0.2) is 23.5 Å². The van der Waals surface area contributed by atoms with Crippen LogP contribution in [0.3, 0.4) is 0 Å². The molecule has 1 aromatic rings. The number of aryl methyl sites for hydroxylation is 1. The van der Waals surface area contributed by atoms with Gasteiger partial charge in [-0.1, -0.05) is 58.4 Å². The largest absolute Gasteiger partial charge is 0.321 e. The Hall–Kier alpha value is -1.35. The van der Waals surface area contributed by atoms with E-state index >= 15 is 0 Å². The summed E-state index contributed by atoms with van der Waals surface area (Å²) in [5.74, 6) is 0.197. The predicted octanol–water partition coefficient (Wildman–Crippen LogP) is 2.94. The number of rotatable bonds is 4. The second-order valence-electron chi connectivity index (χ2n) is 6.74. The number of hydrogen-bond donors (Lipinski definition) is 1. The van der Waals surface area contributed by atoms with Gasteiger partial charge in [-0.15, -0.1) is 0 Å². The van der Waals surface area contributed by atoms with Crippen LogP contribution in [0, 0.1) is 5.41 Å². The number of nitrogens with one attached hydrogen (secondary N) is 1. The molecular formula is C17H26N2O. The van der Waals surface area contributed by atoms with E-state index in [-0.39, 0.29) is 17.5 Å². The summed E-state index contributed by atoms with van der Waals surface area (Å²) >= 11 is 0. The van der Waals surface area contributed by atoms with E-state index < -0.39 is 0 Å². The molecule has 110 valence electrons. The number of carbonyl (C=O) groups excluding carboxylic acids is 1. The highest BCUT2D eigenvalue weighted by Gasteiger charge is 2.38. The highest BCUT2D eigenvalue weighted by atomic mass is 16.2. The monoisotopic (exact) mass is 274 g/mol. The molecule has 1 aliphatic rings. The minimum absolute atomic E-state index is 0.0499. The Kier molecular flexibility index (Phi) is 4.48. The minimum Gasteiger partial charge on any atom is -0.321 e. The second kappa shape index (κ2) is 5.96. The quantitative estimate of drug-likeness (QED) is 0.915. The number of hydrogen-bond acceptors (Lipinski definition) is 2. The fourth-order valence-electron chi connectivity index (χ4n) is 2.79. The lowest BCUT2D eigenvalue weighted by Crippen LogP contribution is -2.46. The van der Waals surface area contributed by atoms with Gasteiger partial charge in [0.05, 0.1) is 12.7 Å². The van der Waals surface area contributed by atoms with Gasteiger partial charge in [0.25, 0.3) is 0 Å². The molecule has 1 heterocycles. The van der Waals surface area contributed by atoms with Crippen LogP contribution in [0.25, 0.3) is 0 Å². The standard InChI is InChI=1S/C17H26N2O/c1-5-6-13-7-9-14(10-8-13)12-19-15(20)11-18-16(19)17(2,3)4/h7-10,16,18H,5-6,11-12H2,1-4H3. The lowest BCUT2D eigenvalue weighted by molar-refractivity contribution is -0.130. The van der Waals surface area contributed by atoms with E-state index in [9.17, 15) is 4.79 Å². The van der Waals surface area contributed by atoms with Crippen molar-refractivity contribution in [1.82, 2.24) is 10.2 Å². The molecule has 0 aliphatic carbocycles. The van der Waals surface area contributed by atoms with Crippen molar-refractivity contribution in [2.45, 2.75) is 53.2 Å². The fraction of sp³-hybridized carbons (Fsp3) is 0.588. The van der Waals surface area contributed by atoms with Gasteiger partial charge in [0.1, 0.15) is 0 Å². The summed E-state index contributed by atoms with van der Waals surface area (Å²) in [5.41, 5.74) is 2.62. The topological polar surface area (TPSA) is 32.3 Å². The van der Waals surface area contributed by atoms with Crippen LogP contribution in [0.5, 0.6) is 0 Å². The summed E-state index contributed by atoms with van der Waals surface area (Å²) in [6, 6.07) is 8.66. The molecule has 0 saturated carbocycles. The third kappa shape index (κ3) is 3.40. The van der Waals surface area contributed by atoms with Crippen molar-refractivity contribution in [3.8, 4) is 0 Å². The Balaban J connectivity index is 2.09. The Morgan fingerprint density at radius 2 is 1.80 bits per heavy atom. The zero-order chi connectivity index (χ0) is 14.8. The van der Waals surface area contributed by atoms with E-state index in [1.54, 1.807) is 0 Å². The molecule has 1 saturated heterocycles.